The average molecular weight is 354 g/mol. The van der Waals surface area contributed by atoms with E-state index < -0.39 is 11.9 Å². The summed E-state index contributed by atoms with van der Waals surface area (Å²) >= 11 is 7.52. The fraction of sp³-hybridized carbons (Fsp3) is 0.250. The third-order valence-corrected chi connectivity index (χ3v) is 4.85. The van der Waals surface area contributed by atoms with Crippen LogP contribution in [0, 0.1) is 0 Å². The highest BCUT2D eigenvalue weighted by atomic mass is 35.5. The van der Waals surface area contributed by atoms with Crippen molar-refractivity contribution in [2.24, 2.45) is 5.73 Å². The van der Waals surface area contributed by atoms with Crippen LogP contribution in [-0.2, 0) is 9.53 Å². The van der Waals surface area contributed by atoms with Gasteiger partial charge >= 0.3 is 11.9 Å². The topological polar surface area (TPSA) is 89.6 Å². The third kappa shape index (κ3) is 4.10. The van der Waals surface area contributed by atoms with E-state index in [1.807, 2.05) is 6.07 Å². The normalized spacial score (nSPS) is 12.0. The van der Waals surface area contributed by atoms with Crippen molar-refractivity contribution in [3.8, 4) is 10.4 Å². The largest absolute Gasteiger partial charge is 0.481 e. The summed E-state index contributed by atoms with van der Waals surface area (Å²) in [6, 6.07) is 8.79. The van der Waals surface area contributed by atoms with Gasteiger partial charge in [0, 0.05) is 21.4 Å². The molecule has 1 aromatic heterocycles. The number of carbonyl (C=O) groups excluding carboxylic acids is 1. The van der Waals surface area contributed by atoms with Gasteiger partial charge in [-0.15, -0.1) is 11.3 Å². The Labute approximate surface area is 142 Å². The zero-order chi connectivity index (χ0) is 17.0. The van der Waals surface area contributed by atoms with Crippen molar-refractivity contribution in [3.63, 3.8) is 0 Å². The van der Waals surface area contributed by atoms with Crippen LogP contribution in [0.4, 0.5) is 0 Å². The summed E-state index contributed by atoms with van der Waals surface area (Å²) in [4.78, 5) is 23.8. The summed E-state index contributed by atoms with van der Waals surface area (Å²) in [6.45, 7) is 0.227. The fourth-order valence-corrected chi connectivity index (χ4v) is 3.46. The Morgan fingerprint density at radius 1 is 1.35 bits per heavy atom. The number of carbonyl (C=O) groups is 2. The van der Waals surface area contributed by atoms with Gasteiger partial charge in [0.05, 0.1) is 13.5 Å². The number of hydrogen-bond acceptors (Lipinski definition) is 5. The molecule has 0 saturated heterocycles. The van der Waals surface area contributed by atoms with Gasteiger partial charge in [0.2, 0.25) is 0 Å². The predicted octanol–water partition coefficient (Wildman–Crippen LogP) is 3.37. The molecule has 122 valence electrons. The van der Waals surface area contributed by atoms with E-state index in [1.165, 1.54) is 18.4 Å². The first kappa shape index (κ1) is 17.5. The average Bonchev–Trinajstić information content (AvgIpc) is 3.02. The van der Waals surface area contributed by atoms with Gasteiger partial charge in [-0.2, -0.15) is 0 Å². The number of halogens is 1. The predicted molar refractivity (Wildman–Crippen MR) is 90.2 cm³/mol. The minimum atomic E-state index is -0.902. The molecule has 0 bridgehead atoms. The number of rotatable bonds is 6. The highest BCUT2D eigenvalue weighted by Gasteiger charge is 2.17. The van der Waals surface area contributed by atoms with Crippen LogP contribution < -0.4 is 5.73 Å². The van der Waals surface area contributed by atoms with E-state index in [0.29, 0.717) is 9.90 Å². The monoisotopic (exact) mass is 353 g/mol. The molecule has 0 amide bonds. The number of nitrogens with two attached hydrogens (primary N) is 1. The van der Waals surface area contributed by atoms with Crippen LogP contribution in [0.3, 0.4) is 0 Å². The van der Waals surface area contributed by atoms with E-state index in [-0.39, 0.29) is 18.9 Å². The van der Waals surface area contributed by atoms with Crippen molar-refractivity contribution in [1.29, 1.82) is 0 Å². The van der Waals surface area contributed by atoms with E-state index >= 15 is 0 Å². The van der Waals surface area contributed by atoms with Gasteiger partial charge in [0.1, 0.15) is 4.88 Å². The number of aliphatic carboxylic acids is 1. The molecule has 0 aliphatic rings. The molecule has 5 nitrogen and oxygen atoms in total. The number of thiophene rings is 1. The molecule has 1 aromatic carbocycles. The first-order chi connectivity index (χ1) is 11.0. The fourth-order valence-electron chi connectivity index (χ4n) is 2.23. The van der Waals surface area contributed by atoms with Crippen molar-refractivity contribution in [3.05, 3.63) is 45.8 Å². The Balaban J connectivity index is 2.39. The maximum absolute atomic E-state index is 11.6. The first-order valence-corrected chi connectivity index (χ1v) is 8.05. The van der Waals surface area contributed by atoms with Crippen LogP contribution in [0.5, 0.6) is 0 Å². The Morgan fingerprint density at radius 2 is 2.09 bits per heavy atom. The molecule has 7 heteroatoms. The van der Waals surface area contributed by atoms with Crippen molar-refractivity contribution >= 4 is 34.9 Å². The van der Waals surface area contributed by atoms with Gasteiger partial charge < -0.3 is 15.6 Å². The van der Waals surface area contributed by atoms with Crippen molar-refractivity contribution < 1.29 is 19.4 Å². The zero-order valence-corrected chi connectivity index (χ0v) is 14.0. The van der Waals surface area contributed by atoms with E-state index in [1.54, 1.807) is 24.3 Å². The van der Waals surface area contributed by atoms with E-state index in [4.69, 9.17) is 27.2 Å². The molecule has 0 saturated carbocycles. The van der Waals surface area contributed by atoms with Gasteiger partial charge in [0.15, 0.2) is 0 Å². The molecular weight excluding hydrogens is 338 g/mol. The number of carboxylic acids is 1. The second-order valence-electron chi connectivity index (χ2n) is 4.93. The molecule has 3 N–H and O–H groups in total. The number of benzene rings is 1. The smallest absolute Gasteiger partial charge is 0.348 e. The van der Waals surface area contributed by atoms with Crippen molar-refractivity contribution in [2.45, 2.75) is 12.3 Å². The summed E-state index contributed by atoms with van der Waals surface area (Å²) < 4.78 is 4.70. The summed E-state index contributed by atoms with van der Waals surface area (Å²) in [6.07, 6.45) is -0.0462. The van der Waals surface area contributed by atoms with E-state index in [2.05, 4.69) is 0 Å². The Hall–Kier alpha value is -1.89. The standard InChI is InChI=1S/C16H16ClNO4S/c1-22-16(21)14-5-4-13(23-14)11-6-9(2-3-12(11)17)10(8-18)7-15(19)20/h2-6,10H,7-8,18H2,1H3,(H,19,20)/t10-/m0/s1. The Kier molecular flexibility index (Phi) is 5.76. The van der Waals surface area contributed by atoms with Crippen molar-refractivity contribution in [1.82, 2.24) is 0 Å². The lowest BCUT2D eigenvalue weighted by Crippen LogP contribution is -2.16. The van der Waals surface area contributed by atoms with Gasteiger partial charge in [-0.1, -0.05) is 17.7 Å². The lowest BCUT2D eigenvalue weighted by atomic mass is 9.94. The molecule has 0 aliphatic heterocycles. The Bertz CT molecular complexity index is 729. The van der Waals surface area contributed by atoms with Gasteiger partial charge in [0.25, 0.3) is 0 Å². The lowest BCUT2D eigenvalue weighted by Gasteiger charge is -2.14. The number of methoxy groups -OCH3 is 1. The quantitative estimate of drug-likeness (QED) is 0.777. The highest BCUT2D eigenvalue weighted by Crippen LogP contribution is 2.36. The summed E-state index contributed by atoms with van der Waals surface area (Å²) in [5.41, 5.74) is 7.24. The molecule has 0 radical (unpaired) electrons. The SMILES string of the molecule is COC(=O)c1ccc(-c2cc([C@H](CN)CC(=O)O)ccc2Cl)s1. The molecule has 0 aliphatic carbocycles. The molecule has 0 unspecified atom stereocenters. The number of ether oxygens (including phenoxy) is 1. The molecule has 1 atom stereocenters. The van der Waals surface area contributed by atoms with Gasteiger partial charge in [-0.25, -0.2) is 4.79 Å². The summed E-state index contributed by atoms with van der Waals surface area (Å²) in [7, 11) is 1.33. The number of esters is 1. The molecular formula is C16H16ClNO4S. The minimum absolute atomic E-state index is 0.0462. The molecule has 0 spiro atoms. The van der Waals surface area contributed by atoms with Crippen LogP contribution in [0.2, 0.25) is 5.02 Å². The third-order valence-electron chi connectivity index (χ3n) is 3.43. The lowest BCUT2D eigenvalue weighted by molar-refractivity contribution is -0.137. The second-order valence-corrected chi connectivity index (χ2v) is 6.42. The van der Waals surface area contributed by atoms with E-state index in [9.17, 15) is 9.59 Å². The zero-order valence-electron chi connectivity index (χ0n) is 12.4. The van der Waals surface area contributed by atoms with Crippen LogP contribution in [0.15, 0.2) is 30.3 Å². The highest BCUT2D eigenvalue weighted by molar-refractivity contribution is 7.17. The van der Waals surface area contributed by atoms with Gasteiger partial charge in [-0.3, -0.25) is 4.79 Å². The maximum Gasteiger partial charge on any atom is 0.348 e. The first-order valence-electron chi connectivity index (χ1n) is 6.86. The van der Waals surface area contributed by atoms with Crippen LogP contribution in [0.1, 0.15) is 27.6 Å². The molecule has 2 aromatic rings. The minimum Gasteiger partial charge on any atom is -0.481 e. The molecule has 2 rings (SSSR count). The summed E-state index contributed by atoms with van der Waals surface area (Å²) in [5, 5.41) is 9.50. The van der Waals surface area contributed by atoms with Crippen LogP contribution >= 0.6 is 22.9 Å². The van der Waals surface area contributed by atoms with Gasteiger partial charge in [-0.05, 0) is 36.4 Å². The van der Waals surface area contributed by atoms with Crippen LogP contribution in [-0.4, -0.2) is 30.7 Å². The molecule has 1 heterocycles. The van der Waals surface area contributed by atoms with Crippen molar-refractivity contribution in [2.75, 3.05) is 13.7 Å². The maximum atomic E-state index is 11.6. The number of hydrogen-bond donors (Lipinski definition) is 2. The van der Waals surface area contributed by atoms with E-state index in [0.717, 1.165) is 16.0 Å². The Morgan fingerprint density at radius 3 is 2.70 bits per heavy atom. The number of carboxylic acid groups (broad SMARTS) is 1. The molecule has 23 heavy (non-hydrogen) atoms. The summed E-state index contributed by atoms with van der Waals surface area (Å²) in [5.74, 6) is -1.59. The molecule has 0 fully saturated rings. The second kappa shape index (κ2) is 7.59. The van der Waals surface area contributed by atoms with Crippen LogP contribution in [0.25, 0.3) is 10.4 Å².